The summed E-state index contributed by atoms with van der Waals surface area (Å²) in [6.07, 6.45) is 1.87. The molecule has 3 heterocycles. The lowest BCUT2D eigenvalue weighted by Crippen LogP contribution is -2.49. The van der Waals surface area contributed by atoms with Crippen LogP contribution in [-0.4, -0.2) is 82.8 Å². The van der Waals surface area contributed by atoms with Crippen LogP contribution in [0.25, 0.3) is 10.9 Å². The van der Waals surface area contributed by atoms with E-state index in [-0.39, 0.29) is 35.0 Å². The summed E-state index contributed by atoms with van der Waals surface area (Å²) < 4.78 is 22.3. The summed E-state index contributed by atoms with van der Waals surface area (Å²) in [5, 5.41) is 12.4. The Kier molecular flexibility index (Phi) is 9.15. The zero-order valence-corrected chi connectivity index (χ0v) is 26.1. The Balaban J connectivity index is 1.14. The first-order valence-corrected chi connectivity index (χ1v) is 15.3. The van der Waals surface area contributed by atoms with Crippen LogP contribution in [0.2, 0.25) is 0 Å². The van der Waals surface area contributed by atoms with Crippen LogP contribution in [0, 0.1) is 11.2 Å². The van der Waals surface area contributed by atoms with Gasteiger partial charge in [-0.05, 0) is 62.1 Å². The molecule has 2 N–H and O–H groups in total. The van der Waals surface area contributed by atoms with Gasteiger partial charge in [0.2, 0.25) is 11.3 Å². The van der Waals surface area contributed by atoms with Crippen LogP contribution in [-0.2, 0) is 22.7 Å². The van der Waals surface area contributed by atoms with E-state index in [1.54, 1.807) is 32.6 Å². The molecule has 2 saturated heterocycles. The first-order chi connectivity index (χ1) is 21.4. The smallest absolute Gasteiger partial charge is 0.410 e. The Morgan fingerprint density at radius 2 is 1.76 bits per heavy atom. The second-order valence-electron chi connectivity index (χ2n) is 12.6. The van der Waals surface area contributed by atoms with Gasteiger partial charge in [-0.1, -0.05) is 26.0 Å². The number of aromatic carboxylic acids is 1. The number of halogens is 1. The van der Waals surface area contributed by atoms with Crippen LogP contribution >= 0.6 is 0 Å². The predicted molar refractivity (Wildman–Crippen MR) is 169 cm³/mol. The summed E-state index contributed by atoms with van der Waals surface area (Å²) in [5.41, 5.74) is 1.27. The molecule has 0 spiro atoms. The summed E-state index contributed by atoms with van der Waals surface area (Å²) >= 11 is 0. The zero-order chi connectivity index (χ0) is 32.5. The Hall–Kier alpha value is -4.45. The van der Waals surface area contributed by atoms with E-state index in [0.29, 0.717) is 43.9 Å². The third kappa shape index (κ3) is 6.95. The van der Waals surface area contributed by atoms with E-state index in [2.05, 4.69) is 24.1 Å². The third-order valence-electron chi connectivity index (χ3n) is 8.82. The fourth-order valence-electron chi connectivity index (χ4n) is 6.00. The highest BCUT2D eigenvalue weighted by atomic mass is 19.1. The Morgan fingerprint density at radius 3 is 2.36 bits per heavy atom. The molecule has 0 unspecified atom stereocenters. The number of nitrogens with one attached hydrogen (secondary N) is 1. The number of hydrogen-bond acceptors (Lipinski definition) is 7. The van der Waals surface area contributed by atoms with Gasteiger partial charge in [0.15, 0.2) is 0 Å². The van der Waals surface area contributed by atoms with Gasteiger partial charge in [-0.15, -0.1) is 0 Å². The highest BCUT2D eigenvalue weighted by molar-refractivity contribution is 5.95. The van der Waals surface area contributed by atoms with E-state index in [9.17, 15) is 24.3 Å². The van der Waals surface area contributed by atoms with Gasteiger partial charge in [0, 0.05) is 56.5 Å². The van der Waals surface area contributed by atoms with Crippen molar-refractivity contribution in [2.24, 2.45) is 5.41 Å². The molecule has 1 aromatic heterocycles. The molecular weight excluding hydrogens is 581 g/mol. The van der Waals surface area contributed by atoms with Crippen molar-refractivity contribution < 1.29 is 28.6 Å². The van der Waals surface area contributed by atoms with Gasteiger partial charge in [0.25, 0.3) is 0 Å². The van der Waals surface area contributed by atoms with Crippen LogP contribution in [0.3, 0.4) is 0 Å². The fourth-order valence-corrected chi connectivity index (χ4v) is 6.00. The molecule has 45 heavy (non-hydrogen) atoms. The predicted octanol–water partition coefficient (Wildman–Crippen LogP) is 4.38. The van der Waals surface area contributed by atoms with Crippen LogP contribution < -0.4 is 15.6 Å². The second-order valence-corrected chi connectivity index (χ2v) is 12.6. The molecular formula is C33H40FN5O6. The average Bonchev–Trinajstić information content (AvgIpc) is 3.39. The minimum Gasteiger partial charge on any atom is -0.477 e. The van der Waals surface area contributed by atoms with Crippen molar-refractivity contribution in [1.29, 1.82) is 0 Å². The number of carbonyl (C=O) groups is 3. The van der Waals surface area contributed by atoms with E-state index in [1.807, 2.05) is 26.0 Å². The largest absolute Gasteiger partial charge is 0.477 e. The summed E-state index contributed by atoms with van der Waals surface area (Å²) in [5.74, 6) is -2.04. The fraction of sp³-hybridized carbons (Fsp3) is 0.455. The number of fused-ring (bicyclic) bond motifs is 1. The maximum atomic E-state index is 15.2. The first-order valence-electron chi connectivity index (χ1n) is 15.3. The molecule has 1 atom stereocenters. The molecule has 12 heteroatoms. The highest BCUT2D eigenvalue weighted by Gasteiger charge is 2.34. The number of rotatable bonds is 8. The molecule has 0 aliphatic carbocycles. The van der Waals surface area contributed by atoms with Crippen LogP contribution in [0.4, 0.5) is 20.6 Å². The number of ether oxygens (including phenoxy) is 1. The zero-order valence-electron chi connectivity index (χ0n) is 26.1. The van der Waals surface area contributed by atoms with Crippen LogP contribution in [0.1, 0.15) is 50.0 Å². The molecule has 2 fully saturated rings. The number of amides is 2. The summed E-state index contributed by atoms with van der Waals surface area (Å²) in [7, 11) is 0. The summed E-state index contributed by atoms with van der Waals surface area (Å²) in [6.45, 7) is 11.7. The molecule has 5 rings (SSSR count). The topological polar surface area (TPSA) is 124 Å². The van der Waals surface area contributed by atoms with Crippen molar-refractivity contribution in [1.82, 2.24) is 14.4 Å². The van der Waals surface area contributed by atoms with Crippen LogP contribution in [0.5, 0.6) is 0 Å². The van der Waals surface area contributed by atoms with E-state index < -0.39 is 28.9 Å². The van der Waals surface area contributed by atoms with Crippen molar-refractivity contribution in [2.75, 3.05) is 49.5 Å². The quantitative estimate of drug-likeness (QED) is 0.380. The van der Waals surface area contributed by atoms with Gasteiger partial charge in [-0.25, -0.2) is 14.0 Å². The number of hydrogen-bond donors (Lipinski definition) is 2. The van der Waals surface area contributed by atoms with Crippen molar-refractivity contribution in [2.45, 2.75) is 53.3 Å². The molecule has 3 aromatic rings. The second kappa shape index (κ2) is 12.9. The number of nitrogens with zero attached hydrogens (tertiary/aromatic N) is 4. The van der Waals surface area contributed by atoms with Gasteiger partial charge in [-0.2, -0.15) is 0 Å². The Labute approximate surface area is 261 Å². The number of carboxylic acid groups (broad SMARTS) is 1. The normalized spacial score (nSPS) is 17.4. The molecule has 11 nitrogen and oxygen atoms in total. The lowest BCUT2D eigenvalue weighted by Gasteiger charge is -2.35. The number of piperazine rings is 1. The lowest BCUT2D eigenvalue weighted by molar-refractivity contribution is -0.120. The minimum atomic E-state index is -1.36. The van der Waals surface area contributed by atoms with E-state index in [4.69, 9.17) is 4.74 Å². The van der Waals surface area contributed by atoms with E-state index in [0.717, 1.165) is 31.1 Å². The number of carboxylic acids is 1. The highest BCUT2D eigenvalue weighted by Crippen LogP contribution is 2.30. The maximum absolute atomic E-state index is 15.2. The van der Waals surface area contributed by atoms with Gasteiger partial charge in [0.1, 0.15) is 18.0 Å². The molecule has 0 bridgehead atoms. The van der Waals surface area contributed by atoms with Gasteiger partial charge < -0.3 is 29.5 Å². The number of anilines is 2. The standard InChI is InChI=1S/C33H40FN5O6/c1-5-36-18-25(31(42)43)29(40)24-16-26(34)28(17-27(24)36)37-12-14-38(15-13-37)32(44)45-19-22-6-8-23(9-7-22)35-30(41)21(2)39-11-10-33(3,4)20-39/h6-9,16-18,21H,5,10-15,19-20H2,1-4H3,(H,35,41)(H,42,43)/t21-/m0/s1. The van der Waals surface area contributed by atoms with Gasteiger partial charge in [0.05, 0.1) is 17.2 Å². The first kappa shape index (κ1) is 32.0. The molecule has 2 amide bonds. The molecule has 2 aliphatic rings. The molecule has 2 aliphatic heterocycles. The Morgan fingerprint density at radius 1 is 1.07 bits per heavy atom. The summed E-state index contributed by atoms with van der Waals surface area (Å²) in [6, 6.07) is 9.63. The molecule has 2 aromatic carbocycles. The molecule has 0 radical (unpaired) electrons. The molecule has 240 valence electrons. The van der Waals surface area contributed by atoms with Crippen molar-refractivity contribution >= 4 is 40.2 Å². The van der Waals surface area contributed by atoms with E-state index >= 15 is 4.39 Å². The third-order valence-corrected chi connectivity index (χ3v) is 8.82. The molecule has 0 saturated carbocycles. The SMILES string of the molecule is CCn1cc(C(=O)O)c(=O)c2cc(F)c(N3CCN(C(=O)OCc4ccc(NC(=O)[C@H](C)N5CCC(C)(C)C5)cc4)CC3)cc21. The van der Waals surface area contributed by atoms with Crippen molar-refractivity contribution in [3.63, 3.8) is 0 Å². The summed E-state index contributed by atoms with van der Waals surface area (Å²) in [4.78, 5) is 55.3. The number of benzene rings is 2. The number of carbonyl (C=O) groups excluding carboxylic acids is 2. The number of likely N-dealkylation sites (tertiary alicyclic amines) is 1. The number of pyridine rings is 1. The minimum absolute atomic E-state index is 0.0105. The number of aryl methyl sites for hydroxylation is 1. The number of aromatic nitrogens is 1. The maximum Gasteiger partial charge on any atom is 0.410 e. The average molecular weight is 622 g/mol. The Bertz CT molecular complexity index is 1660. The van der Waals surface area contributed by atoms with Crippen molar-refractivity contribution in [3.8, 4) is 0 Å². The monoisotopic (exact) mass is 621 g/mol. The van der Waals surface area contributed by atoms with E-state index in [1.165, 1.54) is 6.20 Å². The van der Waals surface area contributed by atoms with Crippen LogP contribution in [0.15, 0.2) is 47.4 Å². The van der Waals surface area contributed by atoms with Gasteiger partial charge in [-0.3, -0.25) is 14.5 Å². The van der Waals surface area contributed by atoms with Crippen molar-refractivity contribution in [3.05, 3.63) is 69.8 Å². The van der Waals surface area contributed by atoms with Gasteiger partial charge >= 0.3 is 12.1 Å². The lowest BCUT2D eigenvalue weighted by atomic mass is 9.93.